The number of anilines is 2. The van der Waals surface area contributed by atoms with Crippen molar-refractivity contribution < 1.29 is 4.74 Å². The normalized spacial score (nSPS) is 10.7. The summed E-state index contributed by atoms with van der Waals surface area (Å²) in [6, 6.07) is 19.4. The number of hydrogen-bond acceptors (Lipinski definition) is 7. The fraction of sp³-hybridized carbons (Fsp3) is 0.0455. The van der Waals surface area contributed by atoms with Crippen molar-refractivity contribution in [3.05, 3.63) is 83.7 Å². The number of aromatic amines is 1. The molecule has 0 amide bonds. The zero-order chi connectivity index (χ0) is 21.5. The second-order valence-corrected chi connectivity index (χ2v) is 7.09. The number of halogens is 1. The standard InChI is InChI=1S/C22H16IN7O/c23-12-15-4-1-6-17(10-15)28-21-19(13-24)20(29-30-21)27-14-16-5-2-7-18(11-16)31-22-25-8-3-9-26-22/h1-11,14H,12H2,(H2,28,29,30)/b27-14+. The average molecular weight is 521 g/mol. The van der Waals surface area contributed by atoms with E-state index in [1.54, 1.807) is 36.8 Å². The topological polar surface area (TPSA) is 112 Å². The fourth-order valence-corrected chi connectivity index (χ4v) is 3.21. The molecule has 8 nitrogen and oxygen atoms in total. The molecule has 2 aromatic heterocycles. The van der Waals surface area contributed by atoms with Crippen molar-refractivity contribution in [2.45, 2.75) is 4.43 Å². The van der Waals surface area contributed by atoms with Crippen molar-refractivity contribution in [1.29, 1.82) is 5.26 Å². The number of H-pyrrole nitrogens is 1. The predicted octanol–water partition coefficient (Wildman–Crippen LogP) is 5.29. The molecule has 0 spiro atoms. The molecule has 152 valence electrons. The van der Waals surface area contributed by atoms with Gasteiger partial charge < -0.3 is 10.1 Å². The molecule has 2 aromatic carbocycles. The van der Waals surface area contributed by atoms with Gasteiger partial charge in [-0.2, -0.15) is 10.4 Å². The van der Waals surface area contributed by atoms with E-state index in [-0.39, 0.29) is 6.01 Å². The minimum atomic E-state index is 0.263. The minimum absolute atomic E-state index is 0.263. The Labute approximate surface area is 192 Å². The lowest BCUT2D eigenvalue weighted by Crippen LogP contribution is -1.93. The van der Waals surface area contributed by atoms with Gasteiger partial charge in [0.15, 0.2) is 11.6 Å². The van der Waals surface area contributed by atoms with Crippen molar-refractivity contribution in [2.24, 2.45) is 4.99 Å². The van der Waals surface area contributed by atoms with Crippen LogP contribution in [-0.2, 0) is 4.43 Å². The minimum Gasteiger partial charge on any atom is -0.424 e. The highest BCUT2D eigenvalue weighted by atomic mass is 127. The van der Waals surface area contributed by atoms with Gasteiger partial charge in [0.1, 0.15) is 17.4 Å². The maximum absolute atomic E-state index is 9.61. The molecule has 0 bridgehead atoms. The van der Waals surface area contributed by atoms with E-state index in [1.807, 2.05) is 36.4 Å². The Kier molecular flexibility index (Phi) is 6.49. The molecule has 31 heavy (non-hydrogen) atoms. The van der Waals surface area contributed by atoms with Crippen LogP contribution >= 0.6 is 22.6 Å². The first-order chi connectivity index (χ1) is 15.2. The van der Waals surface area contributed by atoms with E-state index >= 15 is 0 Å². The summed E-state index contributed by atoms with van der Waals surface area (Å²) in [4.78, 5) is 12.5. The first kappa shape index (κ1) is 20.5. The number of aliphatic imine (C=N–C) groups is 1. The summed E-state index contributed by atoms with van der Waals surface area (Å²) >= 11 is 2.31. The first-order valence-corrected chi connectivity index (χ1v) is 10.8. The van der Waals surface area contributed by atoms with Crippen LogP contribution in [-0.4, -0.2) is 26.4 Å². The third kappa shape index (κ3) is 5.23. The third-order valence-corrected chi connectivity index (χ3v) is 5.04. The van der Waals surface area contributed by atoms with Gasteiger partial charge in [-0.15, -0.1) is 0 Å². The molecular weight excluding hydrogens is 505 g/mol. The number of ether oxygens (including phenoxy) is 1. The Morgan fingerprint density at radius 2 is 1.97 bits per heavy atom. The molecule has 9 heteroatoms. The van der Waals surface area contributed by atoms with Gasteiger partial charge >= 0.3 is 6.01 Å². The monoisotopic (exact) mass is 521 g/mol. The number of benzene rings is 2. The number of alkyl halides is 1. The van der Waals surface area contributed by atoms with Crippen molar-refractivity contribution in [3.63, 3.8) is 0 Å². The van der Waals surface area contributed by atoms with E-state index < -0.39 is 0 Å². The zero-order valence-electron chi connectivity index (χ0n) is 16.2. The van der Waals surface area contributed by atoms with Crippen LogP contribution < -0.4 is 10.1 Å². The molecule has 0 aliphatic carbocycles. The van der Waals surface area contributed by atoms with Crippen LogP contribution in [0.1, 0.15) is 16.7 Å². The highest BCUT2D eigenvalue weighted by molar-refractivity contribution is 14.1. The molecule has 2 N–H and O–H groups in total. The molecular formula is C22H16IN7O. The van der Waals surface area contributed by atoms with E-state index in [0.717, 1.165) is 15.7 Å². The summed E-state index contributed by atoms with van der Waals surface area (Å²) in [5.74, 6) is 1.38. The summed E-state index contributed by atoms with van der Waals surface area (Å²) in [5, 5.41) is 19.8. The molecule has 4 aromatic rings. The maximum atomic E-state index is 9.61. The molecule has 0 fully saturated rings. The molecule has 0 atom stereocenters. The van der Waals surface area contributed by atoms with Gasteiger partial charge in [0.25, 0.3) is 0 Å². The lowest BCUT2D eigenvalue weighted by atomic mass is 10.2. The Balaban J connectivity index is 1.52. The summed E-state index contributed by atoms with van der Waals surface area (Å²) in [7, 11) is 0. The summed E-state index contributed by atoms with van der Waals surface area (Å²) in [6.07, 6.45) is 4.85. The van der Waals surface area contributed by atoms with Gasteiger partial charge in [-0.1, -0.05) is 46.9 Å². The Hall–Kier alpha value is -3.78. The fourth-order valence-electron chi connectivity index (χ4n) is 2.73. The van der Waals surface area contributed by atoms with Crippen LogP contribution in [0.25, 0.3) is 0 Å². The van der Waals surface area contributed by atoms with Gasteiger partial charge in [-0.25, -0.2) is 15.0 Å². The van der Waals surface area contributed by atoms with Gasteiger partial charge in [0, 0.05) is 28.7 Å². The SMILES string of the molecule is N#Cc1c(Nc2cccc(CI)c2)n[nH]c1/N=C/c1cccc(Oc2ncccn2)c1. The Morgan fingerprint density at radius 1 is 1.13 bits per heavy atom. The number of nitrogens with zero attached hydrogens (tertiary/aromatic N) is 5. The van der Waals surface area contributed by atoms with Crippen LogP contribution in [0, 0.1) is 11.3 Å². The van der Waals surface area contributed by atoms with E-state index in [0.29, 0.717) is 22.9 Å². The molecule has 0 unspecified atom stereocenters. The predicted molar refractivity (Wildman–Crippen MR) is 127 cm³/mol. The van der Waals surface area contributed by atoms with E-state index in [2.05, 4.69) is 59.1 Å². The van der Waals surface area contributed by atoms with Crippen molar-refractivity contribution in [1.82, 2.24) is 20.2 Å². The summed E-state index contributed by atoms with van der Waals surface area (Å²) in [5.41, 5.74) is 3.17. The van der Waals surface area contributed by atoms with E-state index in [9.17, 15) is 5.26 Å². The molecule has 0 saturated heterocycles. The number of rotatable bonds is 7. The number of aromatic nitrogens is 4. The van der Waals surface area contributed by atoms with Gasteiger partial charge in [0.2, 0.25) is 0 Å². The molecule has 4 rings (SSSR count). The smallest absolute Gasteiger partial charge is 0.321 e. The second-order valence-electron chi connectivity index (χ2n) is 6.33. The molecule has 0 aliphatic rings. The Morgan fingerprint density at radius 3 is 2.77 bits per heavy atom. The highest BCUT2D eigenvalue weighted by Gasteiger charge is 2.12. The van der Waals surface area contributed by atoms with Gasteiger partial charge in [-0.05, 0) is 41.5 Å². The molecule has 0 aliphatic heterocycles. The quantitative estimate of drug-likeness (QED) is 0.194. The first-order valence-electron chi connectivity index (χ1n) is 9.24. The van der Waals surface area contributed by atoms with Crippen LogP contribution in [0.5, 0.6) is 11.8 Å². The largest absolute Gasteiger partial charge is 0.424 e. The van der Waals surface area contributed by atoms with Crippen molar-refractivity contribution >= 4 is 46.1 Å². The van der Waals surface area contributed by atoms with Crippen LogP contribution in [0.4, 0.5) is 17.3 Å². The second kappa shape index (κ2) is 9.82. The highest BCUT2D eigenvalue weighted by Crippen LogP contribution is 2.26. The van der Waals surface area contributed by atoms with Crippen molar-refractivity contribution in [2.75, 3.05) is 5.32 Å². The van der Waals surface area contributed by atoms with Crippen LogP contribution in [0.3, 0.4) is 0 Å². The van der Waals surface area contributed by atoms with Crippen LogP contribution in [0.15, 0.2) is 72.0 Å². The lowest BCUT2D eigenvalue weighted by molar-refractivity contribution is 0.441. The Bertz CT molecular complexity index is 1250. The number of nitriles is 1. The average Bonchev–Trinajstić information content (AvgIpc) is 3.20. The number of nitrogens with one attached hydrogen (secondary N) is 2. The molecule has 2 heterocycles. The van der Waals surface area contributed by atoms with E-state index in [1.165, 1.54) is 5.56 Å². The van der Waals surface area contributed by atoms with Crippen molar-refractivity contribution in [3.8, 4) is 17.8 Å². The maximum Gasteiger partial charge on any atom is 0.321 e. The van der Waals surface area contributed by atoms with Gasteiger partial charge in [0.05, 0.1) is 0 Å². The summed E-state index contributed by atoms with van der Waals surface area (Å²) < 4.78 is 6.53. The van der Waals surface area contributed by atoms with Gasteiger partial charge in [-0.3, -0.25) is 5.10 Å². The molecule has 0 radical (unpaired) electrons. The molecule has 0 saturated carbocycles. The third-order valence-electron chi connectivity index (χ3n) is 4.16. The zero-order valence-corrected chi connectivity index (χ0v) is 18.3. The summed E-state index contributed by atoms with van der Waals surface area (Å²) in [6.45, 7) is 0. The lowest BCUT2D eigenvalue weighted by Gasteiger charge is -2.04. The number of hydrogen-bond donors (Lipinski definition) is 2. The van der Waals surface area contributed by atoms with Crippen LogP contribution in [0.2, 0.25) is 0 Å². The van der Waals surface area contributed by atoms with E-state index in [4.69, 9.17) is 4.74 Å².